The van der Waals surface area contributed by atoms with Gasteiger partial charge in [-0.05, 0) is 54.2 Å². The highest BCUT2D eigenvalue weighted by Gasteiger charge is 2.43. The summed E-state index contributed by atoms with van der Waals surface area (Å²) in [6.45, 7) is -2.85. The van der Waals surface area contributed by atoms with Gasteiger partial charge in [-0.2, -0.15) is 13.1 Å². The molecule has 46 heavy (non-hydrogen) atoms. The Labute approximate surface area is 278 Å². The number of pyridine rings is 1. The number of benzene rings is 2. The molecule has 0 amide bonds. The SMILES string of the molecule is COC(=O)c1ccccc1S(=O)(=O)N1CCS[C@H]1C(=O)O[C@@H](Cc1c(Cl)cncc1Cl)c1ccc(OC(F)F)c(OCC2CC2)c1. The van der Waals surface area contributed by atoms with Gasteiger partial charge in [-0.1, -0.05) is 41.4 Å². The third kappa shape index (κ3) is 7.85. The first-order valence-corrected chi connectivity index (χ1v) is 17.2. The van der Waals surface area contributed by atoms with Crippen LogP contribution in [0.2, 0.25) is 10.0 Å². The van der Waals surface area contributed by atoms with E-state index in [2.05, 4.69) is 9.72 Å². The number of halogens is 4. The van der Waals surface area contributed by atoms with E-state index in [1.165, 1.54) is 54.9 Å². The molecule has 0 N–H and O–H groups in total. The van der Waals surface area contributed by atoms with E-state index in [-0.39, 0.29) is 57.3 Å². The van der Waals surface area contributed by atoms with Crippen molar-refractivity contribution in [2.24, 2.45) is 5.92 Å². The third-order valence-electron chi connectivity index (χ3n) is 7.26. The van der Waals surface area contributed by atoms with Gasteiger partial charge in [0.25, 0.3) is 0 Å². The number of hydrogen-bond donors (Lipinski definition) is 0. The van der Waals surface area contributed by atoms with Crippen LogP contribution in [0.1, 0.15) is 40.4 Å². The number of nitrogens with zero attached hydrogens (tertiary/aromatic N) is 2. The quantitative estimate of drug-likeness (QED) is 0.190. The summed E-state index contributed by atoms with van der Waals surface area (Å²) < 4.78 is 76.1. The van der Waals surface area contributed by atoms with Crippen LogP contribution in [-0.4, -0.2) is 67.6 Å². The predicted octanol–water partition coefficient (Wildman–Crippen LogP) is 6.16. The van der Waals surface area contributed by atoms with Crippen LogP contribution < -0.4 is 9.47 Å². The van der Waals surface area contributed by atoms with Gasteiger partial charge in [0.05, 0.1) is 34.2 Å². The van der Waals surface area contributed by atoms with E-state index in [0.717, 1.165) is 36.0 Å². The minimum Gasteiger partial charge on any atom is -0.489 e. The van der Waals surface area contributed by atoms with Crippen LogP contribution in [0.25, 0.3) is 0 Å². The second-order valence-corrected chi connectivity index (χ2v) is 14.2. The summed E-state index contributed by atoms with van der Waals surface area (Å²) in [4.78, 5) is 29.8. The molecular formula is C30H28Cl2F2N2O8S2. The van der Waals surface area contributed by atoms with E-state index in [0.29, 0.717) is 17.0 Å². The maximum atomic E-state index is 13.8. The van der Waals surface area contributed by atoms with Crippen LogP contribution in [-0.2, 0) is 30.7 Å². The number of alkyl halides is 2. The Morgan fingerprint density at radius 3 is 2.48 bits per heavy atom. The second kappa shape index (κ2) is 14.7. The standard InChI is InChI=1S/C30H28Cl2F2N2O8S2/c1-41-28(37)19-4-2-3-5-26(19)46(39,40)36-10-11-45-27(36)29(38)43-24(13-20-21(31)14-35-15-22(20)32)18-8-9-23(44-30(33)34)25(12-18)42-16-17-6-7-17/h2-5,8-9,12,14-15,17,24,27,30H,6-7,10-11,13,16H2,1H3/t24-,27-/m0/s1. The summed E-state index contributed by atoms with van der Waals surface area (Å²) in [6, 6.07) is 9.68. The van der Waals surface area contributed by atoms with E-state index < -0.39 is 40.1 Å². The van der Waals surface area contributed by atoms with Gasteiger partial charge in [-0.3, -0.25) is 4.98 Å². The van der Waals surface area contributed by atoms with Gasteiger partial charge in [-0.15, -0.1) is 11.8 Å². The Hall–Kier alpha value is -3.17. The number of thioether (sulfide) groups is 1. The molecule has 1 aliphatic heterocycles. The van der Waals surface area contributed by atoms with Gasteiger partial charge < -0.3 is 18.9 Å². The monoisotopic (exact) mass is 716 g/mol. The zero-order chi connectivity index (χ0) is 33.0. The summed E-state index contributed by atoms with van der Waals surface area (Å²) in [5, 5.41) is -0.931. The number of carbonyl (C=O) groups is 2. The summed E-state index contributed by atoms with van der Waals surface area (Å²) in [6.07, 6.45) is 3.44. The zero-order valence-electron chi connectivity index (χ0n) is 24.2. The number of hydrogen-bond acceptors (Lipinski definition) is 10. The van der Waals surface area contributed by atoms with Crippen molar-refractivity contribution in [3.63, 3.8) is 0 Å². The van der Waals surface area contributed by atoms with Crippen LogP contribution >= 0.6 is 35.0 Å². The molecule has 1 aromatic heterocycles. The molecule has 1 saturated heterocycles. The molecule has 246 valence electrons. The molecule has 2 heterocycles. The van der Waals surface area contributed by atoms with E-state index >= 15 is 0 Å². The van der Waals surface area contributed by atoms with Gasteiger partial charge in [-0.25, -0.2) is 18.0 Å². The number of ether oxygens (including phenoxy) is 4. The number of sulfonamides is 1. The van der Waals surface area contributed by atoms with E-state index in [1.807, 2.05) is 0 Å². The molecule has 5 rings (SSSR count). The number of rotatable bonds is 13. The highest BCUT2D eigenvalue weighted by molar-refractivity contribution is 8.02. The highest BCUT2D eigenvalue weighted by atomic mass is 35.5. The summed E-state index contributed by atoms with van der Waals surface area (Å²) in [5.41, 5.74) is 0.539. The highest BCUT2D eigenvalue weighted by Crippen LogP contribution is 2.39. The Morgan fingerprint density at radius 2 is 1.80 bits per heavy atom. The lowest BCUT2D eigenvalue weighted by Crippen LogP contribution is -2.41. The molecule has 0 radical (unpaired) electrons. The predicted molar refractivity (Wildman–Crippen MR) is 166 cm³/mol. The molecular weight excluding hydrogens is 689 g/mol. The van der Waals surface area contributed by atoms with Crippen LogP contribution in [0.5, 0.6) is 11.5 Å². The van der Waals surface area contributed by atoms with Crippen LogP contribution in [0.3, 0.4) is 0 Å². The zero-order valence-corrected chi connectivity index (χ0v) is 27.4. The molecule has 2 fully saturated rings. The van der Waals surface area contributed by atoms with Crippen molar-refractivity contribution in [3.8, 4) is 11.5 Å². The lowest BCUT2D eigenvalue weighted by atomic mass is 10.0. The number of carbonyl (C=O) groups excluding carboxylic acids is 2. The van der Waals surface area contributed by atoms with E-state index in [4.69, 9.17) is 37.4 Å². The average Bonchev–Trinajstić information content (AvgIpc) is 3.72. The van der Waals surface area contributed by atoms with Crippen molar-refractivity contribution in [3.05, 3.63) is 81.6 Å². The Bertz CT molecular complexity index is 1690. The number of methoxy groups -OCH3 is 1. The molecule has 0 bridgehead atoms. The summed E-state index contributed by atoms with van der Waals surface area (Å²) >= 11 is 13.8. The topological polar surface area (TPSA) is 121 Å². The van der Waals surface area contributed by atoms with Gasteiger partial charge in [0.15, 0.2) is 16.9 Å². The molecule has 2 atom stereocenters. The third-order valence-corrected chi connectivity index (χ3v) is 11.1. The first-order valence-electron chi connectivity index (χ1n) is 14.0. The van der Waals surface area contributed by atoms with Gasteiger partial charge in [0.2, 0.25) is 10.0 Å². The molecule has 2 aromatic carbocycles. The molecule has 2 aliphatic rings. The van der Waals surface area contributed by atoms with Crippen molar-refractivity contribution < 1.29 is 45.7 Å². The van der Waals surface area contributed by atoms with Crippen molar-refractivity contribution in [1.29, 1.82) is 0 Å². The summed E-state index contributed by atoms with van der Waals surface area (Å²) in [7, 11) is -3.24. The Morgan fingerprint density at radius 1 is 1.09 bits per heavy atom. The number of aromatic nitrogens is 1. The fourth-order valence-electron chi connectivity index (χ4n) is 4.75. The Balaban J connectivity index is 1.48. The smallest absolute Gasteiger partial charge is 0.387 e. The number of esters is 2. The fourth-order valence-corrected chi connectivity index (χ4v) is 8.50. The molecule has 3 aromatic rings. The molecule has 0 spiro atoms. The summed E-state index contributed by atoms with van der Waals surface area (Å²) in [5.74, 6) is -1.36. The minimum absolute atomic E-state index is 0.0246. The van der Waals surface area contributed by atoms with E-state index in [1.54, 1.807) is 0 Å². The van der Waals surface area contributed by atoms with Crippen molar-refractivity contribution in [1.82, 2.24) is 9.29 Å². The van der Waals surface area contributed by atoms with Gasteiger partial charge in [0, 0.05) is 31.1 Å². The maximum Gasteiger partial charge on any atom is 0.387 e. The normalized spacial score (nSPS) is 17.5. The fraction of sp³-hybridized carbons (Fsp3) is 0.367. The maximum absolute atomic E-state index is 13.8. The second-order valence-electron chi connectivity index (χ2n) is 10.4. The molecule has 16 heteroatoms. The van der Waals surface area contributed by atoms with Crippen molar-refractivity contribution in [2.75, 3.05) is 26.0 Å². The minimum atomic E-state index is -4.37. The molecule has 1 saturated carbocycles. The molecule has 1 aliphatic carbocycles. The van der Waals surface area contributed by atoms with Gasteiger partial charge >= 0.3 is 18.6 Å². The van der Waals surface area contributed by atoms with Crippen LogP contribution in [0, 0.1) is 5.92 Å². The molecule has 10 nitrogen and oxygen atoms in total. The first kappa shape index (κ1) is 34.2. The largest absolute Gasteiger partial charge is 0.489 e. The first-order chi connectivity index (χ1) is 22.0. The lowest BCUT2D eigenvalue weighted by Gasteiger charge is -2.26. The Kier molecular flexibility index (Phi) is 10.9. The van der Waals surface area contributed by atoms with Crippen LogP contribution in [0.4, 0.5) is 8.78 Å². The van der Waals surface area contributed by atoms with Crippen molar-refractivity contribution >= 4 is 56.9 Å². The van der Waals surface area contributed by atoms with Gasteiger partial charge in [0.1, 0.15) is 6.10 Å². The van der Waals surface area contributed by atoms with Crippen LogP contribution in [0.15, 0.2) is 59.8 Å². The van der Waals surface area contributed by atoms with Crippen molar-refractivity contribution in [2.45, 2.75) is 42.2 Å². The lowest BCUT2D eigenvalue weighted by molar-refractivity contribution is -0.150. The van der Waals surface area contributed by atoms with E-state index in [9.17, 15) is 26.8 Å². The molecule has 0 unspecified atom stereocenters. The average molecular weight is 718 g/mol.